The third-order valence-corrected chi connectivity index (χ3v) is 3.92. The number of rotatable bonds is 6. The van der Waals surface area contributed by atoms with Crippen LogP contribution in [0.5, 0.6) is 5.75 Å². The normalized spacial score (nSPS) is 12.0. The first-order valence-corrected chi connectivity index (χ1v) is 8.01. The Balaban J connectivity index is 2.21. The number of carbonyl (C=O) groups excluding carboxylic acids is 1. The number of ether oxygens (including phenoxy) is 1. The van der Waals surface area contributed by atoms with Gasteiger partial charge in [0.2, 0.25) is 0 Å². The van der Waals surface area contributed by atoms with Crippen molar-refractivity contribution in [1.82, 2.24) is 5.32 Å². The summed E-state index contributed by atoms with van der Waals surface area (Å²) in [6.07, 6.45) is 0.893. The maximum absolute atomic E-state index is 12.6. The topological polar surface area (TPSA) is 38.3 Å². The maximum Gasteiger partial charge on any atom is 0.252 e. The van der Waals surface area contributed by atoms with Crippen molar-refractivity contribution in [1.29, 1.82) is 0 Å². The molecule has 2 rings (SSSR count). The van der Waals surface area contributed by atoms with Gasteiger partial charge in [0.15, 0.2) is 0 Å². The predicted molar refractivity (Wildman–Crippen MR) is 93.8 cm³/mol. The highest BCUT2D eigenvalue weighted by atomic mass is 16.5. The molecule has 3 nitrogen and oxygen atoms in total. The van der Waals surface area contributed by atoms with E-state index in [1.165, 1.54) is 0 Å². The molecule has 1 unspecified atom stereocenters. The molecule has 3 heteroatoms. The van der Waals surface area contributed by atoms with Gasteiger partial charge in [-0.1, -0.05) is 44.2 Å². The van der Waals surface area contributed by atoms with Crippen molar-refractivity contribution in [3.8, 4) is 5.75 Å². The third-order valence-electron chi connectivity index (χ3n) is 3.92. The van der Waals surface area contributed by atoms with Gasteiger partial charge in [-0.3, -0.25) is 4.79 Å². The van der Waals surface area contributed by atoms with E-state index in [-0.39, 0.29) is 11.9 Å². The summed E-state index contributed by atoms with van der Waals surface area (Å²) in [6, 6.07) is 15.6. The first kappa shape index (κ1) is 17.1. The molecule has 0 aliphatic heterocycles. The van der Waals surface area contributed by atoms with Crippen LogP contribution >= 0.6 is 0 Å². The highest BCUT2D eigenvalue weighted by Gasteiger charge is 2.18. The Bertz CT molecular complexity index is 647. The van der Waals surface area contributed by atoms with E-state index in [0.717, 1.165) is 28.9 Å². The molecule has 0 saturated carbocycles. The number of carbonyl (C=O) groups is 1. The molecular weight excluding hydrogens is 286 g/mol. The number of hydrogen-bond acceptors (Lipinski definition) is 2. The van der Waals surface area contributed by atoms with Crippen molar-refractivity contribution in [3.63, 3.8) is 0 Å². The van der Waals surface area contributed by atoms with Gasteiger partial charge in [-0.15, -0.1) is 0 Å². The highest BCUT2D eigenvalue weighted by molar-refractivity contribution is 5.95. The van der Waals surface area contributed by atoms with E-state index in [1.807, 2.05) is 55.5 Å². The molecule has 0 radical (unpaired) electrons. The summed E-state index contributed by atoms with van der Waals surface area (Å²) >= 11 is 0. The van der Waals surface area contributed by atoms with Crippen LogP contribution in [0.3, 0.4) is 0 Å². The summed E-state index contributed by atoms with van der Waals surface area (Å²) in [5.41, 5.74) is 2.82. The standard InChI is InChI=1S/C20H25NO2/c1-14(2)13-19(16-9-11-17(23-4)12-10-16)21-20(22)18-8-6-5-7-15(18)3/h5-12,14,19H,13H2,1-4H3,(H,21,22). The summed E-state index contributed by atoms with van der Waals surface area (Å²) in [4.78, 5) is 12.6. The summed E-state index contributed by atoms with van der Waals surface area (Å²) in [5, 5.41) is 3.18. The number of aryl methyl sites for hydroxylation is 1. The Labute approximate surface area is 138 Å². The summed E-state index contributed by atoms with van der Waals surface area (Å²) < 4.78 is 5.21. The SMILES string of the molecule is COc1ccc(C(CC(C)C)NC(=O)c2ccccc2C)cc1. The lowest BCUT2D eigenvalue weighted by Crippen LogP contribution is -2.30. The summed E-state index contributed by atoms with van der Waals surface area (Å²) in [5.74, 6) is 1.28. The van der Waals surface area contributed by atoms with E-state index in [2.05, 4.69) is 19.2 Å². The molecule has 23 heavy (non-hydrogen) atoms. The zero-order chi connectivity index (χ0) is 16.8. The number of amides is 1. The van der Waals surface area contributed by atoms with Gasteiger partial charge in [-0.25, -0.2) is 0 Å². The molecule has 0 saturated heterocycles. The smallest absolute Gasteiger partial charge is 0.252 e. The Morgan fingerprint density at radius 2 is 1.74 bits per heavy atom. The van der Waals surface area contributed by atoms with Crippen LogP contribution < -0.4 is 10.1 Å². The van der Waals surface area contributed by atoms with Crippen LogP contribution in [0.4, 0.5) is 0 Å². The van der Waals surface area contributed by atoms with E-state index in [9.17, 15) is 4.79 Å². The van der Waals surface area contributed by atoms with Crippen molar-refractivity contribution in [2.75, 3.05) is 7.11 Å². The fourth-order valence-corrected chi connectivity index (χ4v) is 2.65. The maximum atomic E-state index is 12.6. The second-order valence-electron chi connectivity index (χ2n) is 6.24. The van der Waals surface area contributed by atoms with Gasteiger partial charge < -0.3 is 10.1 Å². The highest BCUT2D eigenvalue weighted by Crippen LogP contribution is 2.24. The van der Waals surface area contributed by atoms with Crippen LogP contribution in [0, 0.1) is 12.8 Å². The molecule has 1 amide bonds. The lowest BCUT2D eigenvalue weighted by Gasteiger charge is -2.22. The van der Waals surface area contributed by atoms with Gasteiger partial charge >= 0.3 is 0 Å². The number of hydrogen-bond donors (Lipinski definition) is 1. The van der Waals surface area contributed by atoms with Crippen LogP contribution in [0.15, 0.2) is 48.5 Å². The molecule has 0 spiro atoms. The monoisotopic (exact) mass is 311 g/mol. The van der Waals surface area contributed by atoms with Gasteiger partial charge in [-0.2, -0.15) is 0 Å². The molecule has 1 N–H and O–H groups in total. The quantitative estimate of drug-likeness (QED) is 0.851. The molecule has 0 aliphatic rings. The Kier molecular flexibility index (Phi) is 5.80. The van der Waals surface area contributed by atoms with Gasteiger partial charge in [0.1, 0.15) is 5.75 Å². The minimum absolute atomic E-state index is 0.00647. The second kappa shape index (κ2) is 7.82. The molecule has 2 aromatic carbocycles. The fourth-order valence-electron chi connectivity index (χ4n) is 2.65. The summed E-state index contributed by atoms with van der Waals surface area (Å²) in [7, 11) is 1.65. The molecule has 0 bridgehead atoms. The predicted octanol–water partition coefficient (Wildman–Crippen LogP) is 4.52. The van der Waals surface area contributed by atoms with Crippen LogP contribution in [-0.4, -0.2) is 13.0 Å². The van der Waals surface area contributed by atoms with Gasteiger partial charge in [0, 0.05) is 5.56 Å². The van der Waals surface area contributed by atoms with Crippen molar-refractivity contribution >= 4 is 5.91 Å². The zero-order valence-electron chi connectivity index (χ0n) is 14.3. The Morgan fingerprint density at radius 1 is 1.09 bits per heavy atom. The van der Waals surface area contributed by atoms with Crippen LogP contribution in [0.25, 0.3) is 0 Å². The number of methoxy groups -OCH3 is 1. The largest absolute Gasteiger partial charge is 0.497 e. The number of benzene rings is 2. The second-order valence-corrected chi connectivity index (χ2v) is 6.24. The van der Waals surface area contributed by atoms with Crippen molar-refractivity contribution < 1.29 is 9.53 Å². The van der Waals surface area contributed by atoms with Crippen molar-refractivity contribution in [2.24, 2.45) is 5.92 Å². The van der Waals surface area contributed by atoms with Crippen molar-refractivity contribution in [3.05, 3.63) is 65.2 Å². The molecule has 0 fully saturated rings. The lowest BCUT2D eigenvalue weighted by atomic mass is 9.96. The van der Waals surface area contributed by atoms with Crippen molar-refractivity contribution in [2.45, 2.75) is 33.2 Å². The molecule has 2 aromatic rings. The molecule has 0 heterocycles. The van der Waals surface area contributed by atoms with Gasteiger partial charge in [0.05, 0.1) is 13.2 Å². The average molecular weight is 311 g/mol. The van der Waals surface area contributed by atoms with E-state index < -0.39 is 0 Å². The van der Waals surface area contributed by atoms with E-state index in [4.69, 9.17) is 4.74 Å². The first-order valence-electron chi connectivity index (χ1n) is 8.01. The third kappa shape index (κ3) is 4.59. The zero-order valence-corrected chi connectivity index (χ0v) is 14.3. The average Bonchev–Trinajstić information content (AvgIpc) is 2.54. The molecule has 122 valence electrons. The minimum atomic E-state index is -0.0235. The van der Waals surface area contributed by atoms with E-state index in [1.54, 1.807) is 7.11 Å². The molecule has 0 aromatic heterocycles. The fraction of sp³-hybridized carbons (Fsp3) is 0.350. The van der Waals surface area contributed by atoms with Crippen LogP contribution in [0.1, 0.15) is 47.8 Å². The molecular formula is C20H25NO2. The Morgan fingerprint density at radius 3 is 2.30 bits per heavy atom. The first-order chi connectivity index (χ1) is 11.0. The van der Waals surface area contributed by atoms with Gasteiger partial charge in [-0.05, 0) is 48.6 Å². The Hall–Kier alpha value is -2.29. The van der Waals surface area contributed by atoms with E-state index in [0.29, 0.717) is 5.92 Å². The minimum Gasteiger partial charge on any atom is -0.497 e. The lowest BCUT2D eigenvalue weighted by molar-refractivity contribution is 0.0931. The number of nitrogens with one attached hydrogen (secondary N) is 1. The summed E-state index contributed by atoms with van der Waals surface area (Å²) in [6.45, 7) is 6.28. The van der Waals surface area contributed by atoms with E-state index >= 15 is 0 Å². The molecule has 0 aliphatic carbocycles. The van der Waals surface area contributed by atoms with Gasteiger partial charge in [0.25, 0.3) is 5.91 Å². The molecule has 1 atom stereocenters. The van der Waals surface area contributed by atoms with Crippen LogP contribution in [0.2, 0.25) is 0 Å². The van der Waals surface area contributed by atoms with Crippen LogP contribution in [-0.2, 0) is 0 Å².